The van der Waals surface area contributed by atoms with Crippen LogP contribution in [0.3, 0.4) is 0 Å². The van der Waals surface area contributed by atoms with Gasteiger partial charge in [-0.15, -0.1) is 11.3 Å². The molecule has 0 aliphatic rings. The number of rotatable bonds is 6. The zero-order valence-electron chi connectivity index (χ0n) is 11.6. The minimum Gasteiger partial charge on any atom is -0.303 e. The van der Waals surface area contributed by atoms with Crippen molar-refractivity contribution in [2.45, 2.75) is 45.2 Å². The first-order valence-corrected chi connectivity index (χ1v) is 6.94. The summed E-state index contributed by atoms with van der Waals surface area (Å²) in [5, 5.41) is 0. The lowest BCUT2D eigenvalue weighted by atomic mass is 9.90. The van der Waals surface area contributed by atoms with Crippen molar-refractivity contribution in [3.05, 3.63) is 21.9 Å². The molecule has 0 amide bonds. The molecule has 0 spiro atoms. The van der Waals surface area contributed by atoms with Gasteiger partial charge in [-0.1, -0.05) is 6.92 Å². The van der Waals surface area contributed by atoms with Gasteiger partial charge < -0.3 is 4.90 Å². The van der Waals surface area contributed by atoms with E-state index in [1.165, 1.54) is 9.75 Å². The van der Waals surface area contributed by atoms with Crippen LogP contribution in [-0.4, -0.2) is 30.6 Å². The summed E-state index contributed by atoms with van der Waals surface area (Å²) in [4.78, 5) is 5.06. The Hall–Kier alpha value is -0.420. The highest BCUT2D eigenvalue weighted by molar-refractivity contribution is 7.11. The van der Waals surface area contributed by atoms with Crippen LogP contribution in [0.25, 0.3) is 0 Å². The number of aryl methyl sites for hydroxylation is 1. The number of hydrogen-bond donors (Lipinski definition) is 2. The number of nitrogens with zero attached hydrogens (tertiary/aromatic N) is 1. The summed E-state index contributed by atoms with van der Waals surface area (Å²) < 4.78 is 0. The molecule has 98 valence electrons. The highest BCUT2D eigenvalue weighted by Crippen LogP contribution is 2.23. The Kier molecular flexibility index (Phi) is 5.13. The van der Waals surface area contributed by atoms with Crippen molar-refractivity contribution in [2.75, 3.05) is 14.1 Å². The normalized spacial score (nSPS) is 14.3. The Bertz CT molecular complexity index is 344. The first kappa shape index (κ1) is 14.6. The molecule has 0 aromatic carbocycles. The zero-order valence-corrected chi connectivity index (χ0v) is 12.4. The van der Waals surface area contributed by atoms with Gasteiger partial charge in [-0.3, -0.25) is 11.3 Å². The third-order valence-electron chi connectivity index (χ3n) is 3.68. The zero-order chi connectivity index (χ0) is 13.1. The third kappa shape index (κ3) is 3.52. The lowest BCUT2D eigenvalue weighted by Crippen LogP contribution is -2.58. The average Bonchev–Trinajstić information content (AvgIpc) is 2.73. The molecule has 0 saturated heterocycles. The predicted octanol–water partition coefficient (Wildman–Crippen LogP) is 2.03. The minimum atomic E-state index is 0.0329. The molecule has 1 heterocycles. The van der Waals surface area contributed by atoms with Crippen LogP contribution >= 0.6 is 11.3 Å². The van der Waals surface area contributed by atoms with Gasteiger partial charge in [0.05, 0.1) is 0 Å². The van der Waals surface area contributed by atoms with Gasteiger partial charge in [0.25, 0.3) is 0 Å². The highest BCUT2D eigenvalue weighted by Gasteiger charge is 2.31. The molecule has 1 aromatic heterocycles. The minimum absolute atomic E-state index is 0.0329. The van der Waals surface area contributed by atoms with Crippen LogP contribution in [-0.2, 0) is 12.8 Å². The van der Waals surface area contributed by atoms with Gasteiger partial charge in [0.15, 0.2) is 0 Å². The van der Waals surface area contributed by atoms with E-state index in [4.69, 9.17) is 5.84 Å². The maximum Gasteiger partial charge on any atom is 0.0437 e. The number of nitrogens with two attached hydrogens (primary N) is 1. The molecule has 1 unspecified atom stereocenters. The van der Waals surface area contributed by atoms with Crippen LogP contribution < -0.4 is 11.3 Å². The molecule has 4 heteroatoms. The quantitative estimate of drug-likeness (QED) is 0.603. The molecule has 0 aliphatic carbocycles. The Morgan fingerprint density at radius 3 is 2.35 bits per heavy atom. The molecule has 0 fully saturated rings. The number of nitrogens with one attached hydrogen (secondary N) is 1. The second-order valence-electron chi connectivity index (χ2n) is 5.19. The molecule has 1 aromatic rings. The van der Waals surface area contributed by atoms with E-state index >= 15 is 0 Å². The van der Waals surface area contributed by atoms with Gasteiger partial charge in [-0.25, -0.2) is 0 Å². The fourth-order valence-corrected chi connectivity index (χ4v) is 2.75. The van der Waals surface area contributed by atoms with Crippen LogP contribution in [0, 0.1) is 0 Å². The summed E-state index contributed by atoms with van der Waals surface area (Å²) in [5.74, 6) is 5.71. The van der Waals surface area contributed by atoms with Crippen molar-refractivity contribution >= 4 is 11.3 Å². The van der Waals surface area contributed by atoms with Gasteiger partial charge in [0.1, 0.15) is 0 Å². The first-order valence-electron chi connectivity index (χ1n) is 6.13. The van der Waals surface area contributed by atoms with Crippen LogP contribution in [0.5, 0.6) is 0 Å². The monoisotopic (exact) mass is 255 g/mol. The second kappa shape index (κ2) is 5.96. The molecule has 0 saturated carbocycles. The Morgan fingerprint density at radius 1 is 1.35 bits per heavy atom. The SMILES string of the molecule is CCc1ccc(CC(NN)C(C)(C)N(C)C)s1. The van der Waals surface area contributed by atoms with Crippen LogP contribution in [0.2, 0.25) is 0 Å². The van der Waals surface area contributed by atoms with E-state index in [-0.39, 0.29) is 11.6 Å². The van der Waals surface area contributed by atoms with Crippen molar-refractivity contribution in [3.63, 3.8) is 0 Å². The van der Waals surface area contributed by atoms with Crippen LogP contribution in [0.1, 0.15) is 30.5 Å². The van der Waals surface area contributed by atoms with E-state index in [1.54, 1.807) is 0 Å². The Labute approximate surface area is 109 Å². The summed E-state index contributed by atoms with van der Waals surface area (Å²) in [6.45, 7) is 6.62. The lowest BCUT2D eigenvalue weighted by molar-refractivity contribution is 0.138. The van der Waals surface area contributed by atoms with E-state index in [9.17, 15) is 0 Å². The van der Waals surface area contributed by atoms with Crippen molar-refractivity contribution in [1.82, 2.24) is 10.3 Å². The maximum atomic E-state index is 5.71. The van der Waals surface area contributed by atoms with Crippen LogP contribution in [0.4, 0.5) is 0 Å². The first-order chi connectivity index (χ1) is 7.91. The summed E-state index contributed by atoms with van der Waals surface area (Å²) in [6, 6.07) is 4.69. The Balaban J connectivity index is 2.76. The lowest BCUT2D eigenvalue weighted by Gasteiger charge is -2.39. The largest absolute Gasteiger partial charge is 0.303 e. The molecule has 1 rings (SSSR count). The molecule has 0 aliphatic heterocycles. The smallest absolute Gasteiger partial charge is 0.0437 e. The molecular weight excluding hydrogens is 230 g/mol. The van der Waals surface area contributed by atoms with Gasteiger partial charge in [0, 0.05) is 27.8 Å². The highest BCUT2D eigenvalue weighted by atomic mass is 32.1. The number of likely N-dealkylation sites (N-methyl/N-ethyl adjacent to an activating group) is 1. The molecular formula is C13H25N3S. The summed E-state index contributed by atoms with van der Waals surface area (Å²) in [5.41, 5.74) is 3.00. The Morgan fingerprint density at radius 2 is 1.94 bits per heavy atom. The molecule has 0 radical (unpaired) electrons. The predicted molar refractivity (Wildman–Crippen MR) is 76.3 cm³/mol. The molecule has 3 nitrogen and oxygen atoms in total. The van der Waals surface area contributed by atoms with Crippen LogP contribution in [0.15, 0.2) is 12.1 Å². The summed E-state index contributed by atoms with van der Waals surface area (Å²) in [7, 11) is 4.19. The van der Waals surface area contributed by atoms with Crippen molar-refractivity contribution in [1.29, 1.82) is 0 Å². The topological polar surface area (TPSA) is 41.3 Å². The van der Waals surface area contributed by atoms with Gasteiger partial charge in [0.2, 0.25) is 0 Å². The van der Waals surface area contributed by atoms with Crippen molar-refractivity contribution in [3.8, 4) is 0 Å². The van der Waals surface area contributed by atoms with Gasteiger partial charge >= 0.3 is 0 Å². The summed E-state index contributed by atoms with van der Waals surface area (Å²) in [6.07, 6.45) is 2.09. The second-order valence-corrected chi connectivity index (χ2v) is 6.45. The van der Waals surface area contributed by atoms with E-state index < -0.39 is 0 Å². The average molecular weight is 255 g/mol. The van der Waals surface area contributed by atoms with Gasteiger partial charge in [-0.2, -0.15) is 0 Å². The number of hydrazine groups is 1. The molecule has 3 N–H and O–H groups in total. The standard InChI is InChI=1S/C13H25N3S/c1-6-10-7-8-11(17-10)9-12(15-14)13(2,3)16(4)5/h7-8,12,15H,6,9,14H2,1-5H3. The number of hydrogen-bond acceptors (Lipinski definition) is 4. The van der Waals surface area contributed by atoms with E-state index in [0.717, 1.165) is 12.8 Å². The van der Waals surface area contributed by atoms with Crippen molar-refractivity contribution in [2.24, 2.45) is 5.84 Å². The van der Waals surface area contributed by atoms with E-state index in [0.29, 0.717) is 0 Å². The summed E-state index contributed by atoms with van der Waals surface area (Å²) >= 11 is 1.89. The molecule has 0 bridgehead atoms. The fourth-order valence-electron chi connectivity index (χ4n) is 1.75. The van der Waals surface area contributed by atoms with E-state index in [2.05, 4.69) is 57.3 Å². The number of thiophene rings is 1. The third-order valence-corrected chi connectivity index (χ3v) is 4.93. The molecule has 17 heavy (non-hydrogen) atoms. The van der Waals surface area contributed by atoms with E-state index in [1.807, 2.05) is 11.3 Å². The van der Waals surface area contributed by atoms with Gasteiger partial charge in [-0.05, 0) is 46.5 Å². The fraction of sp³-hybridized carbons (Fsp3) is 0.692. The molecule has 1 atom stereocenters. The van der Waals surface area contributed by atoms with Crippen molar-refractivity contribution < 1.29 is 0 Å². The maximum absolute atomic E-state index is 5.71.